The van der Waals surface area contributed by atoms with Crippen molar-refractivity contribution < 1.29 is 26.4 Å². The maximum absolute atomic E-state index is 13.3. The van der Waals surface area contributed by atoms with Crippen molar-refractivity contribution in [3.63, 3.8) is 0 Å². The highest BCUT2D eigenvalue weighted by atomic mass is 32.2. The number of aromatic nitrogens is 1. The molecule has 0 saturated carbocycles. The Kier molecular flexibility index (Phi) is 5.89. The van der Waals surface area contributed by atoms with Gasteiger partial charge in [0.1, 0.15) is 11.9 Å². The van der Waals surface area contributed by atoms with Crippen LogP contribution in [0.5, 0.6) is 0 Å². The Morgan fingerprint density at radius 3 is 2.25 bits per heavy atom. The Balaban J connectivity index is 1.45. The van der Waals surface area contributed by atoms with Gasteiger partial charge in [-0.05, 0) is 29.7 Å². The Morgan fingerprint density at radius 2 is 1.69 bits per heavy atom. The predicted molar refractivity (Wildman–Crippen MR) is 112 cm³/mol. The second-order valence-electron chi connectivity index (χ2n) is 8.01. The Morgan fingerprint density at radius 1 is 1.03 bits per heavy atom. The fourth-order valence-corrected chi connectivity index (χ4v) is 5.17. The lowest BCUT2D eigenvalue weighted by atomic mass is 9.95. The molecular weight excluding hydrogens is 445 g/mol. The van der Waals surface area contributed by atoms with Gasteiger partial charge in [0, 0.05) is 38.9 Å². The van der Waals surface area contributed by atoms with Crippen LogP contribution >= 0.6 is 0 Å². The standard InChI is InChI=1S/C21H23F3N4O3S/c1-32(30,31)28-14-16-5-3-2-4-15(16)12-18(28)20(29)27-10-8-26(9-11-27)19-7-6-17(13-25-19)21(22,23)24/h2-7,13,18H,8-12,14H2,1H3/t18-/m1/s1. The highest BCUT2D eigenvalue weighted by molar-refractivity contribution is 7.88. The SMILES string of the molecule is CS(=O)(=O)N1Cc2ccccc2C[C@@H]1C(=O)N1CCN(c2ccc(C(F)(F)F)cn2)CC1. The summed E-state index contributed by atoms with van der Waals surface area (Å²) >= 11 is 0. The fourth-order valence-electron chi connectivity index (χ4n) is 4.17. The Labute approximate surface area is 184 Å². The van der Waals surface area contributed by atoms with E-state index >= 15 is 0 Å². The number of alkyl halides is 3. The molecule has 0 N–H and O–H groups in total. The first-order valence-electron chi connectivity index (χ1n) is 10.1. The number of halogens is 3. The molecule has 1 aromatic carbocycles. The Bertz CT molecular complexity index is 1100. The van der Waals surface area contributed by atoms with Gasteiger partial charge in [-0.15, -0.1) is 0 Å². The average molecular weight is 469 g/mol. The van der Waals surface area contributed by atoms with Crippen LogP contribution in [-0.2, 0) is 34.0 Å². The van der Waals surface area contributed by atoms with Crippen LogP contribution < -0.4 is 4.90 Å². The van der Waals surface area contributed by atoms with Gasteiger partial charge in [0.25, 0.3) is 0 Å². The number of rotatable bonds is 3. The monoisotopic (exact) mass is 468 g/mol. The number of hydrogen-bond donors (Lipinski definition) is 0. The van der Waals surface area contributed by atoms with E-state index in [0.29, 0.717) is 38.4 Å². The zero-order valence-corrected chi connectivity index (χ0v) is 18.2. The normalized spacial score (nSPS) is 20.2. The molecule has 11 heteroatoms. The van der Waals surface area contributed by atoms with Crippen molar-refractivity contribution in [2.75, 3.05) is 37.3 Å². The molecule has 7 nitrogen and oxygen atoms in total. The summed E-state index contributed by atoms with van der Waals surface area (Å²) in [6.07, 6.45) is -2.23. The van der Waals surface area contributed by atoms with Gasteiger partial charge in [-0.2, -0.15) is 17.5 Å². The van der Waals surface area contributed by atoms with Crippen LogP contribution in [0.3, 0.4) is 0 Å². The van der Waals surface area contributed by atoms with E-state index in [0.717, 1.165) is 29.6 Å². The molecule has 2 aromatic rings. The summed E-state index contributed by atoms with van der Waals surface area (Å²) in [7, 11) is -3.60. The van der Waals surface area contributed by atoms with Gasteiger partial charge in [-0.1, -0.05) is 24.3 Å². The van der Waals surface area contributed by atoms with Crippen molar-refractivity contribution in [3.05, 3.63) is 59.3 Å². The summed E-state index contributed by atoms with van der Waals surface area (Å²) in [6.45, 7) is 1.61. The maximum atomic E-state index is 13.3. The summed E-state index contributed by atoms with van der Waals surface area (Å²) < 4.78 is 64.3. The number of nitrogens with zero attached hydrogens (tertiary/aromatic N) is 4. The fraction of sp³-hybridized carbons (Fsp3) is 0.429. The lowest BCUT2D eigenvalue weighted by molar-refractivity contribution is -0.138. The summed E-state index contributed by atoms with van der Waals surface area (Å²) in [5.41, 5.74) is 1.03. The maximum Gasteiger partial charge on any atom is 0.417 e. The first-order chi connectivity index (χ1) is 15.0. The highest BCUT2D eigenvalue weighted by Gasteiger charge is 2.39. The molecule has 0 radical (unpaired) electrons. The molecule has 2 aliphatic heterocycles. The van der Waals surface area contributed by atoms with Gasteiger partial charge in [0.15, 0.2) is 0 Å². The number of anilines is 1. The number of hydrogen-bond acceptors (Lipinski definition) is 5. The second kappa shape index (κ2) is 8.36. The smallest absolute Gasteiger partial charge is 0.353 e. The molecule has 1 fully saturated rings. The molecule has 1 saturated heterocycles. The average Bonchev–Trinajstić information content (AvgIpc) is 2.77. The molecule has 32 heavy (non-hydrogen) atoms. The first-order valence-corrected chi connectivity index (χ1v) is 12.0. The molecule has 0 spiro atoms. The summed E-state index contributed by atoms with van der Waals surface area (Å²) in [4.78, 5) is 20.6. The van der Waals surface area contributed by atoms with Gasteiger partial charge >= 0.3 is 6.18 Å². The topological polar surface area (TPSA) is 73.8 Å². The number of carbonyl (C=O) groups is 1. The van der Waals surface area contributed by atoms with E-state index < -0.39 is 27.8 Å². The quantitative estimate of drug-likeness (QED) is 0.690. The predicted octanol–water partition coefficient (Wildman–Crippen LogP) is 2.14. The molecule has 3 heterocycles. The molecule has 2 aliphatic rings. The third-order valence-corrected chi connectivity index (χ3v) is 7.14. The van der Waals surface area contributed by atoms with Gasteiger partial charge in [-0.25, -0.2) is 13.4 Å². The van der Waals surface area contributed by atoms with Crippen molar-refractivity contribution in [1.82, 2.24) is 14.2 Å². The number of amides is 1. The summed E-state index contributed by atoms with van der Waals surface area (Å²) in [5, 5.41) is 0. The largest absolute Gasteiger partial charge is 0.417 e. The van der Waals surface area contributed by atoms with Crippen LogP contribution in [0.4, 0.5) is 19.0 Å². The van der Waals surface area contributed by atoms with Crippen molar-refractivity contribution >= 4 is 21.7 Å². The van der Waals surface area contributed by atoms with Crippen LogP contribution in [-0.4, -0.2) is 67.0 Å². The lowest BCUT2D eigenvalue weighted by Crippen LogP contribution is -2.57. The molecule has 0 unspecified atom stereocenters. The zero-order chi connectivity index (χ0) is 23.1. The molecular formula is C21H23F3N4O3S. The number of carbonyl (C=O) groups excluding carboxylic acids is 1. The van der Waals surface area contributed by atoms with Gasteiger partial charge in [0.05, 0.1) is 11.8 Å². The number of piperazine rings is 1. The molecule has 4 rings (SSSR count). The van der Waals surface area contributed by atoms with Crippen LogP contribution in [0.25, 0.3) is 0 Å². The second-order valence-corrected chi connectivity index (χ2v) is 9.95. The van der Waals surface area contributed by atoms with E-state index in [-0.39, 0.29) is 12.5 Å². The van der Waals surface area contributed by atoms with Crippen LogP contribution in [0.15, 0.2) is 42.6 Å². The molecule has 1 aromatic heterocycles. The van der Waals surface area contributed by atoms with Crippen molar-refractivity contribution in [2.24, 2.45) is 0 Å². The van der Waals surface area contributed by atoms with E-state index in [1.165, 1.54) is 10.4 Å². The van der Waals surface area contributed by atoms with Crippen molar-refractivity contribution in [2.45, 2.75) is 25.2 Å². The van der Waals surface area contributed by atoms with E-state index in [9.17, 15) is 26.4 Å². The van der Waals surface area contributed by atoms with Gasteiger partial charge in [0.2, 0.25) is 15.9 Å². The minimum absolute atomic E-state index is 0.154. The van der Waals surface area contributed by atoms with Crippen LogP contribution in [0, 0.1) is 0 Å². The molecule has 172 valence electrons. The van der Waals surface area contributed by atoms with Crippen molar-refractivity contribution in [3.8, 4) is 0 Å². The number of pyridine rings is 1. The Hall–Kier alpha value is -2.66. The highest BCUT2D eigenvalue weighted by Crippen LogP contribution is 2.30. The summed E-state index contributed by atoms with van der Waals surface area (Å²) in [6, 6.07) is 8.98. The van der Waals surface area contributed by atoms with Crippen molar-refractivity contribution in [1.29, 1.82) is 0 Å². The number of fused-ring (bicyclic) bond motifs is 1. The van der Waals surface area contributed by atoms with Gasteiger partial charge < -0.3 is 9.80 Å². The number of benzene rings is 1. The minimum Gasteiger partial charge on any atom is -0.353 e. The van der Waals surface area contributed by atoms with E-state index in [1.54, 1.807) is 4.90 Å². The number of sulfonamides is 1. The van der Waals surface area contributed by atoms with E-state index in [4.69, 9.17) is 0 Å². The van der Waals surface area contributed by atoms with Gasteiger partial charge in [-0.3, -0.25) is 4.79 Å². The molecule has 0 aliphatic carbocycles. The first kappa shape index (κ1) is 22.5. The molecule has 0 bridgehead atoms. The van der Waals surface area contributed by atoms with E-state index in [1.807, 2.05) is 29.2 Å². The molecule has 1 atom stereocenters. The minimum atomic E-state index is -4.44. The van der Waals surface area contributed by atoms with Crippen LogP contribution in [0.2, 0.25) is 0 Å². The third kappa shape index (κ3) is 4.58. The third-order valence-electron chi connectivity index (χ3n) is 5.91. The van der Waals surface area contributed by atoms with E-state index in [2.05, 4.69) is 4.98 Å². The lowest BCUT2D eigenvalue weighted by Gasteiger charge is -2.40. The van der Waals surface area contributed by atoms with Crippen LogP contribution in [0.1, 0.15) is 16.7 Å². The summed E-state index contributed by atoms with van der Waals surface area (Å²) in [5.74, 6) is 0.152. The zero-order valence-electron chi connectivity index (χ0n) is 17.4. The molecule has 1 amide bonds.